The standard InChI is InChI=1S/C14H17N3O4S2/c1-11(18)21-7-6-15-14-4-2-3-12(17-14)9-16-23(19,20)13-5-8-22-10-13/h2-5,8,10,16H,6-7,9H2,1H3,(H,15,17). The molecule has 7 nitrogen and oxygen atoms in total. The van der Waals surface area contributed by atoms with Crippen molar-refractivity contribution in [1.82, 2.24) is 9.71 Å². The van der Waals surface area contributed by atoms with Crippen LogP contribution in [-0.4, -0.2) is 32.5 Å². The number of carbonyl (C=O) groups excluding carboxylic acids is 1. The van der Waals surface area contributed by atoms with Crippen LogP contribution in [0.1, 0.15) is 12.6 Å². The monoisotopic (exact) mass is 355 g/mol. The van der Waals surface area contributed by atoms with E-state index in [2.05, 4.69) is 15.0 Å². The first-order valence-electron chi connectivity index (χ1n) is 6.82. The van der Waals surface area contributed by atoms with E-state index in [4.69, 9.17) is 4.74 Å². The lowest BCUT2D eigenvalue weighted by molar-refractivity contribution is -0.140. The zero-order chi connectivity index (χ0) is 16.7. The summed E-state index contributed by atoms with van der Waals surface area (Å²) in [6, 6.07) is 6.81. The van der Waals surface area contributed by atoms with Gasteiger partial charge < -0.3 is 10.1 Å². The Balaban J connectivity index is 1.89. The van der Waals surface area contributed by atoms with E-state index in [-0.39, 0.29) is 24.0 Å². The molecule has 2 heterocycles. The van der Waals surface area contributed by atoms with Crippen LogP contribution in [0.25, 0.3) is 0 Å². The molecule has 0 fully saturated rings. The fourth-order valence-electron chi connectivity index (χ4n) is 1.71. The number of nitrogens with one attached hydrogen (secondary N) is 2. The summed E-state index contributed by atoms with van der Waals surface area (Å²) in [6.07, 6.45) is 0. The third kappa shape index (κ3) is 5.62. The molecule has 0 bridgehead atoms. The van der Waals surface area contributed by atoms with Gasteiger partial charge in [-0.15, -0.1) is 0 Å². The number of carbonyl (C=O) groups is 1. The van der Waals surface area contributed by atoms with Crippen molar-refractivity contribution in [2.45, 2.75) is 18.4 Å². The van der Waals surface area contributed by atoms with E-state index in [1.54, 1.807) is 35.0 Å². The molecule has 9 heteroatoms. The van der Waals surface area contributed by atoms with Gasteiger partial charge in [0.15, 0.2) is 0 Å². The molecular weight excluding hydrogens is 338 g/mol. The highest BCUT2D eigenvalue weighted by Gasteiger charge is 2.14. The number of hydrogen-bond acceptors (Lipinski definition) is 7. The Morgan fingerprint density at radius 2 is 2.17 bits per heavy atom. The van der Waals surface area contributed by atoms with Gasteiger partial charge in [0.1, 0.15) is 12.4 Å². The van der Waals surface area contributed by atoms with E-state index in [1.807, 2.05) is 0 Å². The topological polar surface area (TPSA) is 97.4 Å². The Bertz CT molecular complexity index is 745. The number of ether oxygens (including phenoxy) is 1. The van der Waals surface area contributed by atoms with Crippen molar-refractivity contribution in [1.29, 1.82) is 0 Å². The molecular formula is C14H17N3O4S2. The highest BCUT2D eigenvalue weighted by Crippen LogP contribution is 2.13. The van der Waals surface area contributed by atoms with E-state index in [0.29, 0.717) is 18.1 Å². The smallest absolute Gasteiger partial charge is 0.302 e. The minimum atomic E-state index is -3.52. The zero-order valence-electron chi connectivity index (χ0n) is 12.5. The van der Waals surface area contributed by atoms with Crippen LogP contribution < -0.4 is 10.0 Å². The predicted octanol–water partition coefficient (Wildman–Crippen LogP) is 1.60. The largest absolute Gasteiger partial charge is 0.464 e. The molecule has 0 aliphatic heterocycles. The number of pyridine rings is 1. The Hall–Kier alpha value is -1.97. The van der Waals surface area contributed by atoms with Crippen molar-refractivity contribution in [2.24, 2.45) is 0 Å². The first-order chi connectivity index (χ1) is 11.0. The predicted molar refractivity (Wildman–Crippen MR) is 87.7 cm³/mol. The summed E-state index contributed by atoms with van der Waals surface area (Å²) in [5.74, 6) is 0.251. The molecule has 2 aromatic heterocycles. The maximum atomic E-state index is 12.0. The van der Waals surface area contributed by atoms with Gasteiger partial charge in [0.25, 0.3) is 0 Å². The summed E-state index contributed by atoms with van der Waals surface area (Å²) in [5, 5.41) is 6.28. The highest BCUT2D eigenvalue weighted by atomic mass is 32.2. The van der Waals surface area contributed by atoms with Gasteiger partial charge in [-0.05, 0) is 23.6 Å². The zero-order valence-corrected chi connectivity index (χ0v) is 14.1. The SMILES string of the molecule is CC(=O)OCCNc1cccc(CNS(=O)(=O)c2ccsc2)n1. The highest BCUT2D eigenvalue weighted by molar-refractivity contribution is 7.89. The van der Waals surface area contributed by atoms with E-state index < -0.39 is 10.0 Å². The molecule has 23 heavy (non-hydrogen) atoms. The third-order valence-corrected chi connectivity index (χ3v) is 5.00. The Morgan fingerprint density at radius 3 is 2.87 bits per heavy atom. The maximum absolute atomic E-state index is 12.0. The number of anilines is 1. The lowest BCUT2D eigenvalue weighted by Gasteiger charge is -2.08. The number of thiophene rings is 1. The minimum Gasteiger partial charge on any atom is -0.464 e. The Labute approximate surface area is 138 Å². The molecule has 0 saturated heterocycles. The fourth-order valence-corrected chi connectivity index (χ4v) is 3.74. The van der Waals surface area contributed by atoms with Gasteiger partial charge in [0, 0.05) is 12.3 Å². The van der Waals surface area contributed by atoms with Gasteiger partial charge in [-0.1, -0.05) is 6.07 Å². The molecule has 0 amide bonds. The first-order valence-corrected chi connectivity index (χ1v) is 9.25. The van der Waals surface area contributed by atoms with Crippen LogP contribution in [-0.2, 0) is 26.1 Å². The molecule has 0 aliphatic carbocycles. The van der Waals surface area contributed by atoms with Gasteiger partial charge in [-0.25, -0.2) is 18.1 Å². The number of esters is 1. The number of rotatable bonds is 8. The van der Waals surface area contributed by atoms with E-state index in [0.717, 1.165) is 0 Å². The van der Waals surface area contributed by atoms with Crippen LogP contribution in [0.3, 0.4) is 0 Å². The third-order valence-electron chi connectivity index (χ3n) is 2.77. The van der Waals surface area contributed by atoms with Crippen LogP contribution in [0.2, 0.25) is 0 Å². The summed E-state index contributed by atoms with van der Waals surface area (Å²) in [7, 11) is -3.52. The fraction of sp³-hybridized carbons (Fsp3) is 0.286. The second-order valence-electron chi connectivity index (χ2n) is 4.56. The molecule has 0 aliphatic rings. The van der Waals surface area contributed by atoms with Crippen molar-refractivity contribution in [3.63, 3.8) is 0 Å². The van der Waals surface area contributed by atoms with Gasteiger partial charge in [-0.3, -0.25) is 4.79 Å². The second-order valence-corrected chi connectivity index (χ2v) is 7.11. The molecule has 0 aromatic carbocycles. The molecule has 0 saturated carbocycles. The molecule has 0 radical (unpaired) electrons. The molecule has 0 atom stereocenters. The summed E-state index contributed by atoms with van der Waals surface area (Å²) in [5.41, 5.74) is 0.585. The number of hydrogen-bond donors (Lipinski definition) is 2. The Morgan fingerprint density at radius 1 is 1.35 bits per heavy atom. The number of nitrogens with zero attached hydrogens (tertiary/aromatic N) is 1. The van der Waals surface area contributed by atoms with Gasteiger partial charge in [0.2, 0.25) is 10.0 Å². The lowest BCUT2D eigenvalue weighted by Crippen LogP contribution is -2.23. The van der Waals surface area contributed by atoms with Crippen LogP contribution in [0.4, 0.5) is 5.82 Å². The molecule has 124 valence electrons. The van der Waals surface area contributed by atoms with Gasteiger partial charge >= 0.3 is 5.97 Å². The average molecular weight is 355 g/mol. The summed E-state index contributed by atoms with van der Waals surface area (Å²) in [6.45, 7) is 2.11. The normalized spacial score (nSPS) is 11.2. The quantitative estimate of drug-likeness (QED) is 0.551. The van der Waals surface area contributed by atoms with Gasteiger partial charge in [-0.2, -0.15) is 11.3 Å². The van der Waals surface area contributed by atoms with Gasteiger partial charge in [0.05, 0.1) is 23.7 Å². The molecule has 2 rings (SSSR count). The molecule has 2 aromatic rings. The van der Waals surface area contributed by atoms with E-state index in [1.165, 1.54) is 18.3 Å². The molecule has 2 N–H and O–H groups in total. The first kappa shape index (κ1) is 17.4. The van der Waals surface area contributed by atoms with Crippen LogP contribution in [0.15, 0.2) is 39.9 Å². The second kappa shape index (κ2) is 8.04. The summed E-state index contributed by atoms with van der Waals surface area (Å²) >= 11 is 1.32. The average Bonchev–Trinajstić information content (AvgIpc) is 3.05. The molecule has 0 spiro atoms. The van der Waals surface area contributed by atoms with Crippen molar-refractivity contribution < 1.29 is 17.9 Å². The van der Waals surface area contributed by atoms with Crippen molar-refractivity contribution in [3.05, 3.63) is 40.7 Å². The molecule has 0 unspecified atom stereocenters. The maximum Gasteiger partial charge on any atom is 0.302 e. The summed E-state index contributed by atoms with van der Waals surface area (Å²) in [4.78, 5) is 15.2. The van der Waals surface area contributed by atoms with Crippen molar-refractivity contribution >= 4 is 33.1 Å². The van der Waals surface area contributed by atoms with E-state index in [9.17, 15) is 13.2 Å². The van der Waals surface area contributed by atoms with Crippen LogP contribution in [0, 0.1) is 0 Å². The van der Waals surface area contributed by atoms with Crippen LogP contribution in [0.5, 0.6) is 0 Å². The summed E-state index contributed by atoms with van der Waals surface area (Å²) < 4.78 is 31.4. The van der Waals surface area contributed by atoms with Crippen molar-refractivity contribution in [2.75, 3.05) is 18.5 Å². The van der Waals surface area contributed by atoms with E-state index >= 15 is 0 Å². The number of sulfonamides is 1. The van der Waals surface area contributed by atoms with Crippen molar-refractivity contribution in [3.8, 4) is 0 Å². The van der Waals surface area contributed by atoms with Crippen LogP contribution >= 0.6 is 11.3 Å². The number of aromatic nitrogens is 1. The lowest BCUT2D eigenvalue weighted by atomic mass is 10.3. The minimum absolute atomic E-state index is 0.0949. The Kier molecular flexibility index (Phi) is 6.08.